The molecule has 1 amide bonds. The Bertz CT molecular complexity index is 718. The van der Waals surface area contributed by atoms with Gasteiger partial charge in [-0.25, -0.2) is 0 Å². The molecule has 0 saturated carbocycles. The van der Waals surface area contributed by atoms with Crippen molar-refractivity contribution < 1.29 is 14.3 Å². The molecule has 0 unspecified atom stereocenters. The fourth-order valence-corrected chi connectivity index (χ4v) is 3.34. The Balaban J connectivity index is 1.80. The quantitative estimate of drug-likeness (QED) is 0.857. The van der Waals surface area contributed by atoms with E-state index in [4.69, 9.17) is 9.47 Å². The number of likely N-dealkylation sites (tertiary alicyclic amines) is 1. The summed E-state index contributed by atoms with van der Waals surface area (Å²) in [5, 5.41) is 2.15. The number of hydrogen-bond donors (Lipinski definition) is 0. The van der Waals surface area contributed by atoms with Crippen LogP contribution in [0.1, 0.15) is 31.2 Å². The standard InChI is InChI=1S/C20H25NO3/c1-23-18-13-16-8-7-15(11-17(16)14-19(18)24-2)12-20(22)21-9-5-3-4-6-10-21/h7-8,11,13-14H,3-6,9-10,12H2,1-2H3. The molecule has 0 aliphatic carbocycles. The summed E-state index contributed by atoms with van der Waals surface area (Å²) in [4.78, 5) is 14.6. The number of hydrogen-bond acceptors (Lipinski definition) is 3. The summed E-state index contributed by atoms with van der Waals surface area (Å²) in [5.74, 6) is 1.66. The fraction of sp³-hybridized carbons (Fsp3) is 0.450. The van der Waals surface area contributed by atoms with E-state index in [0.717, 1.165) is 48.0 Å². The normalized spacial score (nSPS) is 15.2. The van der Waals surface area contributed by atoms with E-state index in [1.807, 2.05) is 29.2 Å². The van der Waals surface area contributed by atoms with Crippen LogP contribution < -0.4 is 9.47 Å². The summed E-state index contributed by atoms with van der Waals surface area (Å²) in [7, 11) is 3.27. The van der Waals surface area contributed by atoms with E-state index in [1.165, 1.54) is 12.8 Å². The Labute approximate surface area is 143 Å². The van der Waals surface area contributed by atoms with Crippen molar-refractivity contribution in [1.82, 2.24) is 4.90 Å². The van der Waals surface area contributed by atoms with Gasteiger partial charge in [-0.3, -0.25) is 4.79 Å². The predicted octanol–water partition coefficient (Wildman–Crippen LogP) is 3.80. The second-order valence-electron chi connectivity index (χ2n) is 6.36. The van der Waals surface area contributed by atoms with E-state index < -0.39 is 0 Å². The van der Waals surface area contributed by atoms with Gasteiger partial charge in [0.15, 0.2) is 11.5 Å². The molecule has 4 heteroatoms. The van der Waals surface area contributed by atoms with Crippen molar-refractivity contribution in [2.75, 3.05) is 27.3 Å². The van der Waals surface area contributed by atoms with Crippen molar-refractivity contribution in [2.24, 2.45) is 0 Å². The average molecular weight is 327 g/mol. The lowest BCUT2D eigenvalue weighted by molar-refractivity contribution is -0.130. The van der Waals surface area contributed by atoms with E-state index in [0.29, 0.717) is 12.2 Å². The maximum atomic E-state index is 12.6. The molecule has 1 aliphatic heterocycles. The van der Waals surface area contributed by atoms with Crippen LogP contribution in [0.25, 0.3) is 10.8 Å². The van der Waals surface area contributed by atoms with E-state index in [9.17, 15) is 4.79 Å². The van der Waals surface area contributed by atoms with Gasteiger partial charge in [0, 0.05) is 13.1 Å². The summed E-state index contributed by atoms with van der Waals surface area (Å²) in [6.45, 7) is 1.80. The highest BCUT2D eigenvalue weighted by atomic mass is 16.5. The number of carbonyl (C=O) groups is 1. The molecule has 1 aliphatic rings. The van der Waals surface area contributed by atoms with E-state index >= 15 is 0 Å². The first-order chi connectivity index (χ1) is 11.7. The first-order valence-corrected chi connectivity index (χ1v) is 8.63. The minimum Gasteiger partial charge on any atom is -0.493 e. The lowest BCUT2D eigenvalue weighted by Gasteiger charge is -2.20. The zero-order valence-electron chi connectivity index (χ0n) is 14.5. The number of nitrogens with zero attached hydrogens (tertiary/aromatic N) is 1. The monoisotopic (exact) mass is 327 g/mol. The van der Waals surface area contributed by atoms with Gasteiger partial charge in [-0.2, -0.15) is 0 Å². The van der Waals surface area contributed by atoms with Gasteiger partial charge in [0.05, 0.1) is 20.6 Å². The zero-order chi connectivity index (χ0) is 16.9. The number of methoxy groups -OCH3 is 2. The summed E-state index contributed by atoms with van der Waals surface area (Å²) < 4.78 is 10.7. The van der Waals surface area contributed by atoms with Crippen molar-refractivity contribution in [3.8, 4) is 11.5 Å². The summed E-state index contributed by atoms with van der Waals surface area (Å²) in [6.07, 6.45) is 5.19. The lowest BCUT2D eigenvalue weighted by Crippen LogP contribution is -2.33. The van der Waals surface area contributed by atoms with E-state index in [2.05, 4.69) is 6.07 Å². The minimum absolute atomic E-state index is 0.233. The van der Waals surface area contributed by atoms with Crippen molar-refractivity contribution in [3.63, 3.8) is 0 Å². The minimum atomic E-state index is 0.233. The van der Waals surface area contributed by atoms with Gasteiger partial charge in [-0.15, -0.1) is 0 Å². The van der Waals surface area contributed by atoms with Crippen LogP contribution in [-0.2, 0) is 11.2 Å². The SMILES string of the molecule is COc1cc2ccc(CC(=O)N3CCCCCC3)cc2cc1OC. The molecule has 1 saturated heterocycles. The van der Waals surface area contributed by atoms with Crippen LogP contribution in [0.3, 0.4) is 0 Å². The Morgan fingerprint density at radius 1 is 0.917 bits per heavy atom. The maximum Gasteiger partial charge on any atom is 0.226 e. The molecule has 0 N–H and O–H groups in total. The first kappa shape index (κ1) is 16.6. The number of fused-ring (bicyclic) bond motifs is 1. The third-order valence-corrected chi connectivity index (χ3v) is 4.72. The molecule has 0 atom stereocenters. The highest BCUT2D eigenvalue weighted by Crippen LogP contribution is 2.32. The van der Waals surface area contributed by atoms with E-state index in [1.54, 1.807) is 14.2 Å². The van der Waals surface area contributed by atoms with Gasteiger partial charge >= 0.3 is 0 Å². The molecule has 0 aromatic heterocycles. The molecular weight excluding hydrogens is 302 g/mol. The molecule has 1 fully saturated rings. The third-order valence-electron chi connectivity index (χ3n) is 4.72. The number of benzene rings is 2. The van der Waals surface area contributed by atoms with Gasteiger partial charge < -0.3 is 14.4 Å². The molecular formula is C20H25NO3. The van der Waals surface area contributed by atoms with Gasteiger partial charge in [0.25, 0.3) is 0 Å². The molecule has 1 heterocycles. The Kier molecular flexibility index (Phi) is 5.24. The molecule has 0 bridgehead atoms. The van der Waals surface area contributed by atoms with E-state index in [-0.39, 0.29) is 5.91 Å². The number of rotatable bonds is 4. The van der Waals surface area contributed by atoms with Crippen molar-refractivity contribution >= 4 is 16.7 Å². The summed E-state index contributed by atoms with van der Waals surface area (Å²) >= 11 is 0. The smallest absolute Gasteiger partial charge is 0.226 e. The molecule has 24 heavy (non-hydrogen) atoms. The molecule has 0 spiro atoms. The van der Waals surface area contributed by atoms with Gasteiger partial charge in [-0.1, -0.05) is 31.0 Å². The Morgan fingerprint density at radius 2 is 1.54 bits per heavy atom. The molecule has 2 aromatic carbocycles. The van der Waals surface area contributed by atoms with Gasteiger partial charge in [0.1, 0.15) is 0 Å². The molecule has 2 aromatic rings. The fourth-order valence-electron chi connectivity index (χ4n) is 3.34. The highest BCUT2D eigenvalue weighted by molar-refractivity contribution is 5.88. The predicted molar refractivity (Wildman–Crippen MR) is 95.8 cm³/mol. The van der Waals surface area contributed by atoms with Crippen molar-refractivity contribution in [1.29, 1.82) is 0 Å². The van der Waals surface area contributed by atoms with Crippen LogP contribution in [0.5, 0.6) is 11.5 Å². The lowest BCUT2D eigenvalue weighted by atomic mass is 10.0. The van der Waals surface area contributed by atoms with Crippen molar-refractivity contribution in [3.05, 3.63) is 35.9 Å². The van der Waals surface area contributed by atoms with Gasteiger partial charge in [0.2, 0.25) is 5.91 Å². The molecule has 128 valence electrons. The number of amides is 1. The zero-order valence-corrected chi connectivity index (χ0v) is 14.5. The van der Waals surface area contributed by atoms with Crippen LogP contribution in [0.15, 0.2) is 30.3 Å². The Hall–Kier alpha value is -2.23. The number of carbonyl (C=O) groups excluding carboxylic acids is 1. The van der Waals surface area contributed by atoms with Crippen LogP contribution in [-0.4, -0.2) is 38.1 Å². The van der Waals surface area contributed by atoms with Crippen LogP contribution in [0.4, 0.5) is 0 Å². The molecule has 4 nitrogen and oxygen atoms in total. The van der Waals surface area contributed by atoms with Crippen molar-refractivity contribution in [2.45, 2.75) is 32.1 Å². The number of ether oxygens (including phenoxy) is 2. The average Bonchev–Trinajstić information content (AvgIpc) is 2.89. The summed E-state index contributed by atoms with van der Waals surface area (Å²) in [6, 6.07) is 10.1. The third kappa shape index (κ3) is 3.64. The highest BCUT2D eigenvalue weighted by Gasteiger charge is 2.16. The second kappa shape index (κ2) is 7.56. The van der Waals surface area contributed by atoms with Gasteiger partial charge in [-0.05, 0) is 41.3 Å². The topological polar surface area (TPSA) is 38.8 Å². The second-order valence-corrected chi connectivity index (χ2v) is 6.36. The largest absolute Gasteiger partial charge is 0.493 e. The summed E-state index contributed by atoms with van der Waals surface area (Å²) in [5.41, 5.74) is 1.05. The first-order valence-electron chi connectivity index (χ1n) is 8.63. The van der Waals surface area contributed by atoms with Crippen LogP contribution in [0, 0.1) is 0 Å². The Morgan fingerprint density at radius 3 is 2.17 bits per heavy atom. The maximum absolute atomic E-state index is 12.6. The van der Waals surface area contributed by atoms with Crippen LogP contribution in [0.2, 0.25) is 0 Å². The molecule has 3 rings (SSSR count). The van der Waals surface area contributed by atoms with Crippen LogP contribution >= 0.6 is 0 Å². The molecule has 0 radical (unpaired) electrons.